The molecule has 0 unspecified atom stereocenters. The molecule has 1 aliphatic rings. The van der Waals surface area contributed by atoms with Gasteiger partial charge in [-0.3, -0.25) is 0 Å². The van der Waals surface area contributed by atoms with Crippen LogP contribution in [-0.4, -0.2) is 38.0 Å². The number of nitrogens with zero attached hydrogens (tertiary/aromatic N) is 1. The second-order valence-corrected chi connectivity index (χ2v) is 10.8. The van der Waals surface area contributed by atoms with E-state index in [1.54, 1.807) is 0 Å². The molecule has 0 bridgehead atoms. The Morgan fingerprint density at radius 2 is 2.00 bits per heavy atom. The summed E-state index contributed by atoms with van der Waals surface area (Å²) in [6, 6.07) is 13.1. The molecule has 1 atom stereocenters. The van der Waals surface area contributed by atoms with Crippen molar-refractivity contribution >= 4 is 38.9 Å². The standard InChI is InChI=1S/C23H27NO5S2/c1-4-11-23(2)15-24(17-8-6-5-7-9-17)18-13-20(30-3)19(29-12-10-22(25)26)14-21(18)31(27,28)16-23/h5-10,12-14H,4,11,15-16H2,1-3H3,(H,25,26)/b12-10+/t23-/m1/s1. The van der Waals surface area contributed by atoms with Crippen molar-refractivity contribution in [2.24, 2.45) is 5.41 Å². The van der Waals surface area contributed by atoms with E-state index in [2.05, 4.69) is 11.8 Å². The maximum atomic E-state index is 13.5. The predicted octanol–water partition coefficient (Wildman–Crippen LogP) is 5.12. The number of ether oxygens (including phenoxy) is 1. The molecule has 0 aliphatic carbocycles. The Hall–Kier alpha value is -2.45. The first-order chi connectivity index (χ1) is 14.7. The number of thioether (sulfide) groups is 1. The summed E-state index contributed by atoms with van der Waals surface area (Å²) in [5.74, 6) is -0.786. The third kappa shape index (κ3) is 5.25. The Labute approximate surface area is 187 Å². The minimum Gasteiger partial charge on any atom is -0.478 e. The number of anilines is 2. The number of para-hydroxylation sites is 1. The zero-order chi connectivity index (χ0) is 22.6. The summed E-state index contributed by atoms with van der Waals surface area (Å²) in [6.45, 7) is 4.66. The van der Waals surface area contributed by atoms with E-state index >= 15 is 0 Å². The maximum Gasteiger partial charge on any atom is 0.331 e. The average Bonchev–Trinajstić information content (AvgIpc) is 2.80. The van der Waals surface area contributed by atoms with Gasteiger partial charge in [-0.2, -0.15) is 0 Å². The summed E-state index contributed by atoms with van der Waals surface area (Å²) in [6.07, 6.45) is 5.47. The Morgan fingerprint density at radius 1 is 1.29 bits per heavy atom. The fourth-order valence-corrected chi connectivity index (χ4v) is 6.67. The lowest BCUT2D eigenvalue weighted by Gasteiger charge is -2.34. The molecule has 6 nitrogen and oxygen atoms in total. The molecule has 0 spiro atoms. The van der Waals surface area contributed by atoms with Gasteiger partial charge < -0.3 is 14.7 Å². The summed E-state index contributed by atoms with van der Waals surface area (Å²) in [5, 5.41) is 8.82. The second-order valence-electron chi connectivity index (χ2n) is 7.97. The third-order valence-electron chi connectivity index (χ3n) is 5.28. The van der Waals surface area contributed by atoms with Crippen molar-refractivity contribution in [2.75, 3.05) is 23.5 Å². The van der Waals surface area contributed by atoms with Crippen LogP contribution in [0.4, 0.5) is 11.4 Å². The van der Waals surface area contributed by atoms with E-state index in [1.807, 2.05) is 49.6 Å². The fourth-order valence-electron chi connectivity index (χ4n) is 4.05. The number of carboxylic acid groups (broad SMARTS) is 1. The molecule has 31 heavy (non-hydrogen) atoms. The van der Waals surface area contributed by atoms with Crippen LogP contribution in [0.25, 0.3) is 0 Å². The SMILES string of the molecule is CCC[C@]1(C)CN(c2ccccc2)c2cc(SC)c(O/C=C/C(=O)O)cc2S(=O)(=O)C1. The van der Waals surface area contributed by atoms with Gasteiger partial charge in [0, 0.05) is 18.3 Å². The van der Waals surface area contributed by atoms with Gasteiger partial charge in [0.15, 0.2) is 9.84 Å². The van der Waals surface area contributed by atoms with Crippen LogP contribution in [0.2, 0.25) is 0 Å². The fraction of sp³-hybridized carbons (Fsp3) is 0.348. The quantitative estimate of drug-likeness (QED) is 0.348. The number of rotatable bonds is 7. The van der Waals surface area contributed by atoms with Crippen LogP contribution in [-0.2, 0) is 14.6 Å². The highest BCUT2D eigenvalue weighted by Gasteiger charge is 2.39. The molecule has 0 saturated heterocycles. The van der Waals surface area contributed by atoms with E-state index in [0.717, 1.165) is 35.8 Å². The first kappa shape index (κ1) is 23.2. The van der Waals surface area contributed by atoms with Crippen molar-refractivity contribution in [3.8, 4) is 5.75 Å². The minimum atomic E-state index is -3.61. The van der Waals surface area contributed by atoms with Crippen molar-refractivity contribution in [1.29, 1.82) is 0 Å². The van der Waals surface area contributed by atoms with E-state index in [4.69, 9.17) is 9.84 Å². The van der Waals surface area contributed by atoms with Gasteiger partial charge in [-0.1, -0.05) is 38.5 Å². The Bertz CT molecular complexity index is 1080. The largest absolute Gasteiger partial charge is 0.478 e. The molecule has 1 heterocycles. The molecule has 166 valence electrons. The highest BCUT2D eigenvalue weighted by Crippen LogP contribution is 2.45. The van der Waals surface area contributed by atoms with Gasteiger partial charge in [-0.05, 0) is 36.3 Å². The lowest BCUT2D eigenvalue weighted by Crippen LogP contribution is -2.35. The Morgan fingerprint density at radius 3 is 2.61 bits per heavy atom. The van der Waals surface area contributed by atoms with Crippen LogP contribution in [0.1, 0.15) is 26.7 Å². The number of carboxylic acids is 1. The molecule has 1 N–H and O–H groups in total. The number of fused-ring (bicyclic) bond motifs is 1. The highest BCUT2D eigenvalue weighted by atomic mass is 32.2. The summed E-state index contributed by atoms with van der Waals surface area (Å²) in [4.78, 5) is 13.8. The highest BCUT2D eigenvalue weighted by molar-refractivity contribution is 7.98. The van der Waals surface area contributed by atoms with Gasteiger partial charge in [0.25, 0.3) is 0 Å². The van der Waals surface area contributed by atoms with E-state index in [-0.39, 0.29) is 10.6 Å². The molecule has 2 aromatic rings. The number of hydrogen-bond donors (Lipinski definition) is 1. The van der Waals surface area contributed by atoms with E-state index < -0.39 is 21.2 Å². The van der Waals surface area contributed by atoms with E-state index in [1.165, 1.54) is 17.8 Å². The smallest absolute Gasteiger partial charge is 0.331 e. The normalized spacial score (nSPS) is 20.3. The first-order valence-corrected chi connectivity index (χ1v) is 12.9. The molecule has 8 heteroatoms. The van der Waals surface area contributed by atoms with E-state index in [0.29, 0.717) is 18.0 Å². The number of aliphatic carboxylic acids is 1. The van der Waals surface area contributed by atoms with Crippen LogP contribution in [0, 0.1) is 5.41 Å². The lowest BCUT2D eigenvalue weighted by atomic mass is 9.87. The molecular formula is C23H27NO5S2. The molecule has 1 aliphatic heterocycles. The monoisotopic (exact) mass is 461 g/mol. The molecular weight excluding hydrogens is 434 g/mol. The zero-order valence-corrected chi connectivity index (χ0v) is 19.5. The minimum absolute atomic E-state index is 0.0349. The van der Waals surface area contributed by atoms with Gasteiger partial charge in [-0.25, -0.2) is 13.2 Å². The second kappa shape index (κ2) is 9.36. The van der Waals surface area contributed by atoms with E-state index in [9.17, 15) is 13.2 Å². The first-order valence-electron chi connectivity index (χ1n) is 10.0. The zero-order valence-electron chi connectivity index (χ0n) is 17.9. The Balaban J connectivity index is 2.22. The van der Waals surface area contributed by atoms with Crippen LogP contribution in [0.3, 0.4) is 0 Å². The lowest BCUT2D eigenvalue weighted by molar-refractivity contribution is -0.131. The van der Waals surface area contributed by atoms with Crippen LogP contribution in [0.15, 0.2) is 64.6 Å². The number of hydrogen-bond acceptors (Lipinski definition) is 6. The molecule has 3 rings (SSSR count). The summed E-state index contributed by atoms with van der Waals surface area (Å²) >= 11 is 1.41. The van der Waals surface area contributed by atoms with Crippen molar-refractivity contribution in [2.45, 2.75) is 36.5 Å². The molecule has 0 radical (unpaired) electrons. The molecule has 0 amide bonds. The van der Waals surface area contributed by atoms with Gasteiger partial charge in [0.05, 0.1) is 33.6 Å². The van der Waals surface area contributed by atoms with Crippen molar-refractivity contribution < 1.29 is 23.1 Å². The number of sulfone groups is 1. The third-order valence-corrected chi connectivity index (χ3v) is 8.11. The van der Waals surface area contributed by atoms with Crippen LogP contribution >= 0.6 is 11.8 Å². The number of carbonyl (C=O) groups is 1. The van der Waals surface area contributed by atoms with Crippen LogP contribution in [0.5, 0.6) is 5.75 Å². The van der Waals surface area contributed by atoms with Crippen molar-refractivity contribution in [1.82, 2.24) is 0 Å². The average molecular weight is 462 g/mol. The molecule has 0 aromatic heterocycles. The molecule has 0 saturated carbocycles. The summed E-state index contributed by atoms with van der Waals surface area (Å²) < 4.78 is 32.5. The topological polar surface area (TPSA) is 83.9 Å². The Kier molecular flexibility index (Phi) is 7.01. The number of benzene rings is 2. The van der Waals surface area contributed by atoms with Gasteiger partial charge in [0.2, 0.25) is 0 Å². The predicted molar refractivity (Wildman–Crippen MR) is 124 cm³/mol. The van der Waals surface area contributed by atoms with Gasteiger partial charge in [0.1, 0.15) is 5.75 Å². The van der Waals surface area contributed by atoms with Gasteiger partial charge in [-0.15, -0.1) is 11.8 Å². The summed E-state index contributed by atoms with van der Waals surface area (Å²) in [7, 11) is -3.61. The van der Waals surface area contributed by atoms with Crippen molar-refractivity contribution in [3.05, 3.63) is 54.8 Å². The maximum absolute atomic E-state index is 13.5. The summed E-state index contributed by atoms with van der Waals surface area (Å²) in [5.41, 5.74) is 1.12. The molecule has 2 aromatic carbocycles. The van der Waals surface area contributed by atoms with Crippen molar-refractivity contribution in [3.63, 3.8) is 0 Å². The molecule has 0 fully saturated rings. The van der Waals surface area contributed by atoms with Gasteiger partial charge >= 0.3 is 5.97 Å². The van der Waals surface area contributed by atoms with Crippen LogP contribution < -0.4 is 9.64 Å².